The van der Waals surface area contributed by atoms with Gasteiger partial charge in [-0.1, -0.05) is 13.3 Å². The lowest BCUT2D eigenvalue weighted by Crippen LogP contribution is -2.55. The fourth-order valence-electron chi connectivity index (χ4n) is 2.88. The molecule has 0 aromatic rings. The maximum absolute atomic E-state index is 12.4. The zero-order valence-electron chi connectivity index (χ0n) is 14.0. The zero-order valence-corrected chi connectivity index (χ0v) is 14.0. The molecule has 2 aliphatic rings. The van der Waals surface area contributed by atoms with Crippen molar-refractivity contribution in [2.75, 3.05) is 45.9 Å². The number of carbonyl (C=O) groups excluding carboxylic acids is 1. The van der Waals surface area contributed by atoms with Gasteiger partial charge in [0.25, 0.3) is 5.91 Å². The van der Waals surface area contributed by atoms with Crippen molar-refractivity contribution in [3.63, 3.8) is 0 Å². The molecule has 6 nitrogen and oxygen atoms in total. The first kappa shape index (κ1) is 17.1. The molecular formula is C16H30N4O2. The van der Waals surface area contributed by atoms with Crippen molar-refractivity contribution >= 4 is 11.9 Å². The van der Waals surface area contributed by atoms with Crippen molar-refractivity contribution in [3.05, 3.63) is 0 Å². The lowest BCUT2D eigenvalue weighted by atomic mass is 10.2. The van der Waals surface area contributed by atoms with E-state index >= 15 is 0 Å². The summed E-state index contributed by atoms with van der Waals surface area (Å²) in [5, 5.41) is 3.36. The molecule has 0 radical (unpaired) electrons. The first-order valence-corrected chi connectivity index (χ1v) is 8.70. The molecule has 1 atom stereocenters. The van der Waals surface area contributed by atoms with Crippen LogP contribution >= 0.6 is 0 Å². The number of hydrogen-bond donors (Lipinski definition) is 1. The predicted molar refractivity (Wildman–Crippen MR) is 88.0 cm³/mol. The fourth-order valence-corrected chi connectivity index (χ4v) is 2.88. The van der Waals surface area contributed by atoms with Crippen LogP contribution in [0.1, 0.15) is 39.5 Å². The van der Waals surface area contributed by atoms with Crippen LogP contribution in [0, 0.1) is 0 Å². The van der Waals surface area contributed by atoms with E-state index < -0.39 is 0 Å². The number of hydrogen-bond acceptors (Lipinski definition) is 3. The van der Waals surface area contributed by atoms with Gasteiger partial charge in [0.2, 0.25) is 0 Å². The van der Waals surface area contributed by atoms with Crippen LogP contribution in [0.4, 0.5) is 0 Å². The zero-order chi connectivity index (χ0) is 15.8. The molecule has 126 valence electrons. The Morgan fingerprint density at radius 2 is 1.95 bits per heavy atom. The summed E-state index contributed by atoms with van der Waals surface area (Å²) >= 11 is 0. The molecule has 0 spiro atoms. The first-order chi connectivity index (χ1) is 10.8. The van der Waals surface area contributed by atoms with Crippen LogP contribution in [0.25, 0.3) is 0 Å². The third-order valence-electron chi connectivity index (χ3n) is 4.20. The number of piperazine rings is 1. The Bertz CT molecular complexity index is 372. The minimum atomic E-state index is -0.196. The average molecular weight is 310 g/mol. The Morgan fingerprint density at radius 1 is 1.23 bits per heavy atom. The van der Waals surface area contributed by atoms with Gasteiger partial charge in [0, 0.05) is 45.9 Å². The molecule has 1 N–H and O–H groups in total. The minimum Gasteiger partial charge on any atom is -0.368 e. The van der Waals surface area contributed by atoms with Gasteiger partial charge in [-0.25, -0.2) is 0 Å². The largest absolute Gasteiger partial charge is 0.368 e. The Kier molecular flexibility index (Phi) is 6.96. The number of carbonyl (C=O) groups is 1. The minimum absolute atomic E-state index is 0.171. The van der Waals surface area contributed by atoms with Gasteiger partial charge in [-0.3, -0.25) is 9.79 Å². The molecule has 2 saturated heterocycles. The molecular weight excluding hydrogens is 280 g/mol. The second-order valence-electron chi connectivity index (χ2n) is 5.90. The molecule has 0 bridgehead atoms. The molecule has 2 aliphatic heterocycles. The van der Waals surface area contributed by atoms with E-state index in [-0.39, 0.29) is 12.0 Å². The van der Waals surface area contributed by atoms with E-state index in [4.69, 9.17) is 4.74 Å². The number of guanidine groups is 1. The van der Waals surface area contributed by atoms with Gasteiger partial charge in [-0.05, 0) is 26.2 Å². The number of amides is 1. The molecule has 0 aromatic heterocycles. The smallest absolute Gasteiger partial charge is 0.251 e. The molecule has 22 heavy (non-hydrogen) atoms. The highest BCUT2D eigenvalue weighted by Crippen LogP contribution is 2.16. The Morgan fingerprint density at radius 3 is 2.55 bits per heavy atom. The third-order valence-corrected chi connectivity index (χ3v) is 4.20. The van der Waals surface area contributed by atoms with Gasteiger partial charge >= 0.3 is 0 Å². The summed E-state index contributed by atoms with van der Waals surface area (Å²) in [6.07, 6.45) is 3.96. The van der Waals surface area contributed by atoms with Crippen molar-refractivity contribution in [2.45, 2.75) is 45.6 Å². The number of ether oxygens (including phenoxy) is 1. The molecule has 0 saturated carbocycles. The van der Waals surface area contributed by atoms with Gasteiger partial charge in [-0.2, -0.15) is 0 Å². The monoisotopic (exact) mass is 310 g/mol. The molecule has 0 aromatic carbocycles. The molecule has 2 rings (SSSR count). The van der Waals surface area contributed by atoms with Crippen LogP contribution in [0.5, 0.6) is 0 Å². The molecule has 0 aliphatic carbocycles. The van der Waals surface area contributed by atoms with Gasteiger partial charge in [0.05, 0.1) is 0 Å². The highest BCUT2D eigenvalue weighted by molar-refractivity contribution is 5.82. The molecule has 1 amide bonds. The van der Waals surface area contributed by atoms with Crippen LogP contribution in [0.3, 0.4) is 0 Å². The summed E-state index contributed by atoms with van der Waals surface area (Å²) in [6, 6.07) is 0. The van der Waals surface area contributed by atoms with Crippen LogP contribution in [0.15, 0.2) is 4.99 Å². The predicted octanol–water partition coefficient (Wildman–Crippen LogP) is 1.08. The van der Waals surface area contributed by atoms with Crippen LogP contribution in [-0.2, 0) is 9.53 Å². The topological polar surface area (TPSA) is 57.2 Å². The normalized spacial score (nSPS) is 23.0. The van der Waals surface area contributed by atoms with Crippen LogP contribution in [0.2, 0.25) is 0 Å². The highest BCUT2D eigenvalue weighted by Gasteiger charge is 2.30. The molecule has 2 heterocycles. The number of unbranched alkanes of at least 4 members (excludes halogenated alkanes) is 1. The van der Waals surface area contributed by atoms with E-state index in [1.807, 2.05) is 4.90 Å². The molecule has 2 fully saturated rings. The average Bonchev–Trinajstić information content (AvgIpc) is 3.08. The number of nitrogens with one attached hydrogen (secondary N) is 1. The number of rotatable bonds is 5. The number of nitrogens with zero attached hydrogens (tertiary/aromatic N) is 3. The van der Waals surface area contributed by atoms with Gasteiger partial charge in [0.1, 0.15) is 6.10 Å². The lowest BCUT2D eigenvalue weighted by Gasteiger charge is -2.37. The fraction of sp³-hybridized carbons (Fsp3) is 0.875. The summed E-state index contributed by atoms with van der Waals surface area (Å²) in [5.74, 6) is 1.16. The lowest BCUT2D eigenvalue weighted by molar-refractivity contribution is -0.142. The third kappa shape index (κ3) is 4.60. The SMILES string of the molecule is CCCCN=C(NCC)N1CCN(C(=O)C2CCCO2)CC1. The van der Waals surface area contributed by atoms with Crippen molar-refractivity contribution in [1.82, 2.24) is 15.1 Å². The van der Waals surface area contributed by atoms with Crippen LogP contribution < -0.4 is 5.32 Å². The molecule has 1 unspecified atom stereocenters. The van der Waals surface area contributed by atoms with Crippen molar-refractivity contribution in [1.29, 1.82) is 0 Å². The van der Waals surface area contributed by atoms with E-state index in [0.29, 0.717) is 0 Å². The Hall–Kier alpha value is -1.30. The van der Waals surface area contributed by atoms with E-state index in [1.165, 1.54) is 0 Å². The van der Waals surface area contributed by atoms with E-state index in [9.17, 15) is 4.79 Å². The quantitative estimate of drug-likeness (QED) is 0.469. The summed E-state index contributed by atoms with van der Waals surface area (Å²) < 4.78 is 5.51. The van der Waals surface area contributed by atoms with Gasteiger partial charge in [0.15, 0.2) is 5.96 Å². The Labute approximate surface area is 133 Å². The summed E-state index contributed by atoms with van der Waals surface area (Å²) in [4.78, 5) is 21.2. The second kappa shape index (κ2) is 8.98. The summed E-state index contributed by atoms with van der Waals surface area (Å²) in [5.41, 5.74) is 0. The second-order valence-corrected chi connectivity index (χ2v) is 5.90. The molecule has 6 heteroatoms. The Balaban J connectivity index is 1.83. The summed E-state index contributed by atoms with van der Waals surface area (Å²) in [7, 11) is 0. The van der Waals surface area contributed by atoms with Crippen LogP contribution in [-0.4, -0.2) is 73.6 Å². The standard InChI is InChI=1S/C16H30N4O2/c1-3-5-8-18-16(17-4-2)20-11-9-19(10-12-20)15(21)14-7-6-13-22-14/h14H,3-13H2,1-2H3,(H,17,18). The first-order valence-electron chi connectivity index (χ1n) is 8.70. The maximum Gasteiger partial charge on any atom is 0.251 e. The van der Waals surface area contributed by atoms with E-state index in [2.05, 4.69) is 29.1 Å². The van der Waals surface area contributed by atoms with E-state index in [1.54, 1.807) is 0 Å². The number of aliphatic imine (C=N–C) groups is 1. The summed E-state index contributed by atoms with van der Waals surface area (Å²) in [6.45, 7) is 9.95. The van der Waals surface area contributed by atoms with Crippen molar-refractivity contribution in [3.8, 4) is 0 Å². The van der Waals surface area contributed by atoms with E-state index in [0.717, 1.165) is 77.5 Å². The van der Waals surface area contributed by atoms with Gasteiger partial charge < -0.3 is 19.9 Å². The highest BCUT2D eigenvalue weighted by atomic mass is 16.5. The van der Waals surface area contributed by atoms with Crippen molar-refractivity contribution in [2.24, 2.45) is 4.99 Å². The van der Waals surface area contributed by atoms with Gasteiger partial charge in [-0.15, -0.1) is 0 Å². The van der Waals surface area contributed by atoms with Crippen molar-refractivity contribution < 1.29 is 9.53 Å². The maximum atomic E-state index is 12.4.